The molecular formula is C4H8CoN2O2. The average Bonchev–Trinajstić information content (AvgIpc) is 1.81. The molecule has 0 saturated carbocycles. The fourth-order valence-corrected chi connectivity index (χ4v) is 0.176. The summed E-state index contributed by atoms with van der Waals surface area (Å²) < 4.78 is 0. The molecule has 0 aromatic rings. The third-order valence-corrected chi connectivity index (χ3v) is 0.399. The first-order chi connectivity index (χ1) is 3.91. The first kappa shape index (κ1) is 11.3. The summed E-state index contributed by atoms with van der Waals surface area (Å²) in [5.41, 5.74) is 0. The standard InChI is InChI=1S/C4H8N2O2.Co/c1-7-5-3-4-6-8-2;/h3-4H,1-2H3;/b5-3+,6-4+;. The van der Waals surface area contributed by atoms with Gasteiger partial charge in [-0.3, -0.25) is 0 Å². The third kappa shape index (κ3) is 11.2. The zero-order chi connectivity index (χ0) is 6.24. The minimum Gasteiger partial charge on any atom is -0.399 e. The van der Waals surface area contributed by atoms with E-state index in [1.165, 1.54) is 26.6 Å². The van der Waals surface area contributed by atoms with E-state index in [0.29, 0.717) is 0 Å². The zero-order valence-electron chi connectivity index (χ0n) is 5.20. The van der Waals surface area contributed by atoms with E-state index in [-0.39, 0.29) is 16.8 Å². The predicted octanol–water partition coefficient (Wildman–Crippen LogP) is 0.248. The summed E-state index contributed by atoms with van der Waals surface area (Å²) in [6.07, 6.45) is 2.76. The molecule has 0 heterocycles. The van der Waals surface area contributed by atoms with Crippen LogP contribution in [0.3, 0.4) is 0 Å². The van der Waals surface area contributed by atoms with Crippen molar-refractivity contribution in [1.29, 1.82) is 0 Å². The van der Waals surface area contributed by atoms with Crippen LogP contribution in [0.1, 0.15) is 0 Å². The van der Waals surface area contributed by atoms with Crippen LogP contribution in [0.2, 0.25) is 0 Å². The maximum atomic E-state index is 4.31. The maximum absolute atomic E-state index is 4.31. The molecule has 0 rings (SSSR count). The minimum absolute atomic E-state index is 0. The van der Waals surface area contributed by atoms with E-state index in [2.05, 4.69) is 20.0 Å². The second-order valence-electron chi connectivity index (χ2n) is 0.874. The Bertz CT molecular complexity index is 82.6. The molecule has 0 fully saturated rings. The van der Waals surface area contributed by atoms with Crippen LogP contribution >= 0.6 is 0 Å². The molecule has 0 unspecified atom stereocenters. The molecule has 0 aliphatic rings. The molecule has 0 saturated heterocycles. The Morgan fingerprint density at radius 3 is 1.56 bits per heavy atom. The number of nitrogens with zero attached hydrogens (tertiary/aromatic N) is 2. The van der Waals surface area contributed by atoms with Crippen LogP contribution in [-0.2, 0) is 26.5 Å². The molecule has 5 heteroatoms. The van der Waals surface area contributed by atoms with Gasteiger partial charge in [0.25, 0.3) is 0 Å². The van der Waals surface area contributed by atoms with Crippen molar-refractivity contribution in [2.45, 2.75) is 0 Å². The molecule has 0 spiro atoms. The smallest absolute Gasteiger partial charge is 0.106 e. The summed E-state index contributed by atoms with van der Waals surface area (Å²) in [7, 11) is 2.91. The molecule has 0 aromatic heterocycles. The molecule has 0 aliphatic heterocycles. The van der Waals surface area contributed by atoms with Gasteiger partial charge < -0.3 is 9.68 Å². The molecule has 0 aliphatic carbocycles. The van der Waals surface area contributed by atoms with Crippen LogP contribution in [0.25, 0.3) is 0 Å². The van der Waals surface area contributed by atoms with Gasteiger partial charge in [-0.15, -0.1) is 0 Å². The van der Waals surface area contributed by atoms with E-state index in [1.54, 1.807) is 0 Å². The summed E-state index contributed by atoms with van der Waals surface area (Å²) >= 11 is 0. The molecule has 4 nitrogen and oxygen atoms in total. The summed E-state index contributed by atoms with van der Waals surface area (Å²) in [5.74, 6) is 0. The van der Waals surface area contributed by atoms with E-state index < -0.39 is 0 Å². The summed E-state index contributed by atoms with van der Waals surface area (Å²) in [4.78, 5) is 8.62. The van der Waals surface area contributed by atoms with Gasteiger partial charge in [-0.25, -0.2) is 0 Å². The van der Waals surface area contributed by atoms with Gasteiger partial charge in [0, 0.05) is 16.8 Å². The normalized spacial score (nSPS) is 9.56. The van der Waals surface area contributed by atoms with Gasteiger partial charge in [0.1, 0.15) is 14.2 Å². The maximum Gasteiger partial charge on any atom is 0.106 e. The Labute approximate surface area is 64.1 Å². The number of rotatable bonds is 3. The van der Waals surface area contributed by atoms with Crippen molar-refractivity contribution in [1.82, 2.24) is 0 Å². The van der Waals surface area contributed by atoms with E-state index in [1.807, 2.05) is 0 Å². The second-order valence-corrected chi connectivity index (χ2v) is 0.874. The van der Waals surface area contributed by atoms with E-state index in [0.717, 1.165) is 0 Å². The molecule has 1 radical (unpaired) electrons. The van der Waals surface area contributed by atoms with Gasteiger partial charge in [0.15, 0.2) is 0 Å². The monoisotopic (exact) mass is 175 g/mol. The second kappa shape index (κ2) is 10.4. The van der Waals surface area contributed by atoms with Gasteiger partial charge in [-0.2, -0.15) is 0 Å². The van der Waals surface area contributed by atoms with Crippen LogP contribution in [-0.4, -0.2) is 26.6 Å². The Morgan fingerprint density at radius 1 is 1.00 bits per heavy atom. The third-order valence-electron chi connectivity index (χ3n) is 0.399. The van der Waals surface area contributed by atoms with Gasteiger partial charge in [-0.1, -0.05) is 10.3 Å². The Hall–Kier alpha value is -0.554. The van der Waals surface area contributed by atoms with Crippen molar-refractivity contribution in [3.63, 3.8) is 0 Å². The molecule has 0 amide bonds. The van der Waals surface area contributed by atoms with E-state index >= 15 is 0 Å². The van der Waals surface area contributed by atoms with Crippen LogP contribution in [0.4, 0.5) is 0 Å². The van der Waals surface area contributed by atoms with Crippen LogP contribution in [0, 0.1) is 0 Å². The van der Waals surface area contributed by atoms with Crippen molar-refractivity contribution < 1.29 is 26.5 Å². The summed E-state index contributed by atoms with van der Waals surface area (Å²) in [6, 6.07) is 0. The number of oxime groups is 2. The Kier molecular flexibility index (Phi) is 13.1. The van der Waals surface area contributed by atoms with Gasteiger partial charge in [0.2, 0.25) is 0 Å². The number of hydrogen-bond donors (Lipinski definition) is 0. The predicted molar refractivity (Wildman–Crippen MR) is 31.0 cm³/mol. The van der Waals surface area contributed by atoms with E-state index in [9.17, 15) is 0 Å². The summed E-state index contributed by atoms with van der Waals surface area (Å²) in [6.45, 7) is 0. The first-order valence-corrected chi connectivity index (χ1v) is 2.03. The fraction of sp³-hybridized carbons (Fsp3) is 0.500. The average molecular weight is 175 g/mol. The fourth-order valence-electron chi connectivity index (χ4n) is 0.176. The van der Waals surface area contributed by atoms with Gasteiger partial charge in [0.05, 0.1) is 12.4 Å². The van der Waals surface area contributed by atoms with Crippen molar-refractivity contribution in [3.8, 4) is 0 Å². The zero-order valence-corrected chi connectivity index (χ0v) is 6.24. The Morgan fingerprint density at radius 2 is 1.33 bits per heavy atom. The molecule has 9 heavy (non-hydrogen) atoms. The van der Waals surface area contributed by atoms with E-state index in [4.69, 9.17) is 0 Å². The molecule has 0 N–H and O–H groups in total. The molecule has 0 bridgehead atoms. The topological polar surface area (TPSA) is 43.2 Å². The van der Waals surface area contributed by atoms with Crippen molar-refractivity contribution >= 4 is 12.4 Å². The summed E-state index contributed by atoms with van der Waals surface area (Å²) in [5, 5.41) is 6.71. The SMILES string of the molecule is CO/N=C/C=N/OC.[Co]. The largest absolute Gasteiger partial charge is 0.399 e. The van der Waals surface area contributed by atoms with Crippen molar-refractivity contribution in [3.05, 3.63) is 0 Å². The van der Waals surface area contributed by atoms with Crippen molar-refractivity contribution in [2.75, 3.05) is 14.2 Å². The van der Waals surface area contributed by atoms with Gasteiger partial charge in [-0.05, 0) is 0 Å². The van der Waals surface area contributed by atoms with Crippen LogP contribution < -0.4 is 0 Å². The molecule has 0 aromatic carbocycles. The quantitative estimate of drug-likeness (QED) is 0.455. The molecular weight excluding hydrogens is 167 g/mol. The van der Waals surface area contributed by atoms with Crippen molar-refractivity contribution in [2.24, 2.45) is 10.3 Å². The van der Waals surface area contributed by atoms with Crippen LogP contribution in [0.5, 0.6) is 0 Å². The van der Waals surface area contributed by atoms with Crippen LogP contribution in [0.15, 0.2) is 10.3 Å². The minimum atomic E-state index is 0. The first-order valence-electron chi connectivity index (χ1n) is 2.03. The Balaban J connectivity index is 0. The van der Waals surface area contributed by atoms with Gasteiger partial charge >= 0.3 is 0 Å². The molecule has 0 atom stereocenters. The number of hydrogen-bond acceptors (Lipinski definition) is 4. The molecule has 55 valence electrons.